The van der Waals surface area contributed by atoms with Crippen LogP contribution in [0.25, 0.3) is 0 Å². The zero-order valence-electron chi connectivity index (χ0n) is 29.2. The summed E-state index contributed by atoms with van der Waals surface area (Å²) in [6.45, 7) is 10.9. The van der Waals surface area contributed by atoms with Crippen LogP contribution >= 0.6 is 15.6 Å². The van der Waals surface area contributed by atoms with Gasteiger partial charge in [-0.3, -0.25) is 18.1 Å². The summed E-state index contributed by atoms with van der Waals surface area (Å²) in [6.07, 6.45) is 8.57. The van der Waals surface area contributed by atoms with E-state index in [1.165, 1.54) is 0 Å². The number of rotatable bonds is 19. The van der Waals surface area contributed by atoms with Gasteiger partial charge >= 0.3 is 15.6 Å². The van der Waals surface area contributed by atoms with Crippen LogP contribution in [0.5, 0.6) is 0 Å². The number of hydrogen-bond donors (Lipinski definition) is 4. The molecule has 0 bridgehead atoms. The third-order valence-electron chi connectivity index (χ3n) is 12.3. The van der Waals surface area contributed by atoms with Gasteiger partial charge in [0.25, 0.3) is 0 Å². The van der Waals surface area contributed by atoms with E-state index >= 15 is 0 Å². The van der Waals surface area contributed by atoms with Crippen molar-refractivity contribution in [1.82, 2.24) is 0 Å². The van der Waals surface area contributed by atoms with Crippen LogP contribution < -0.4 is 0 Å². The van der Waals surface area contributed by atoms with E-state index in [2.05, 4.69) is 27.7 Å². The Morgan fingerprint density at radius 2 is 1.43 bits per heavy atom. The van der Waals surface area contributed by atoms with Crippen LogP contribution in [0.15, 0.2) is 0 Å². The Labute approximate surface area is 281 Å². The molecule has 4 fully saturated rings. The van der Waals surface area contributed by atoms with Crippen LogP contribution in [-0.4, -0.2) is 84.6 Å². The second-order valence-corrected chi connectivity index (χ2v) is 17.9. The van der Waals surface area contributed by atoms with Crippen LogP contribution in [0.2, 0.25) is 0 Å². The summed E-state index contributed by atoms with van der Waals surface area (Å²) in [6, 6.07) is 0. The maximum atomic E-state index is 12.3. The lowest BCUT2D eigenvalue weighted by Gasteiger charge is -2.64. The number of fused-ring (bicyclic) bond motifs is 5. The number of aliphatic hydroxyl groups is 2. The van der Waals surface area contributed by atoms with Gasteiger partial charge in [0.1, 0.15) is 0 Å². The standard InChI is InChI=1S/C33H62O12P2/c1-6-8-23(3)26-9-10-27-31-28(22-30(33(26,27)5)41-17-19-45-47(38,39)43-15-13-34)32(4)12-11-25(35)20-24(32)21-29(31)40-16-18-44-46(36,37)42-14-7-2/h23-31,34-35H,6-22H2,1-5H3,(H,36,37)(H,38,39)/t23-,24+,25-,26-,27+,28+,29-,30+,31+,32+,33-/m1/s1. The van der Waals surface area contributed by atoms with Crippen LogP contribution in [-0.2, 0) is 36.7 Å². The lowest BCUT2D eigenvalue weighted by molar-refractivity contribution is -0.227. The summed E-state index contributed by atoms with van der Waals surface area (Å²) in [7, 11) is -8.42. The Bertz CT molecular complexity index is 1080. The summed E-state index contributed by atoms with van der Waals surface area (Å²) in [5, 5.41) is 19.7. The van der Waals surface area contributed by atoms with Gasteiger partial charge in [0.2, 0.25) is 0 Å². The number of phosphoric acid groups is 2. The number of aliphatic hydroxyl groups excluding tert-OH is 2. The highest BCUT2D eigenvalue weighted by Crippen LogP contribution is 2.69. The molecule has 0 aromatic carbocycles. The lowest BCUT2D eigenvalue weighted by Crippen LogP contribution is -2.63. The summed E-state index contributed by atoms with van der Waals surface area (Å²) >= 11 is 0. The van der Waals surface area contributed by atoms with E-state index in [9.17, 15) is 24.0 Å². The van der Waals surface area contributed by atoms with Crippen molar-refractivity contribution in [3.8, 4) is 0 Å². The average Bonchev–Trinajstić information content (AvgIpc) is 3.38. The van der Waals surface area contributed by atoms with Gasteiger partial charge in [-0.1, -0.05) is 47.5 Å². The minimum absolute atomic E-state index is 0.000545. The summed E-state index contributed by atoms with van der Waals surface area (Å²) in [4.78, 5) is 20.0. The lowest BCUT2D eigenvalue weighted by atomic mass is 9.43. The summed E-state index contributed by atoms with van der Waals surface area (Å²) in [5.41, 5.74) is -0.156. The first kappa shape index (κ1) is 39.8. The zero-order chi connectivity index (χ0) is 34.5. The number of hydrogen-bond acceptors (Lipinski definition) is 10. The highest BCUT2D eigenvalue weighted by molar-refractivity contribution is 7.47. The van der Waals surface area contributed by atoms with E-state index in [0.29, 0.717) is 24.2 Å². The van der Waals surface area contributed by atoms with Crippen molar-refractivity contribution in [3.05, 3.63) is 0 Å². The predicted molar refractivity (Wildman–Crippen MR) is 176 cm³/mol. The topological polar surface area (TPSA) is 170 Å². The molecule has 4 rings (SSSR count). The van der Waals surface area contributed by atoms with Gasteiger partial charge in [-0.15, -0.1) is 0 Å². The minimum atomic E-state index is -4.28. The second kappa shape index (κ2) is 17.1. The maximum Gasteiger partial charge on any atom is 0.472 e. The van der Waals surface area contributed by atoms with Crippen molar-refractivity contribution in [2.75, 3.05) is 46.2 Å². The Morgan fingerprint density at radius 3 is 2.06 bits per heavy atom. The minimum Gasteiger partial charge on any atom is -0.394 e. The monoisotopic (exact) mass is 712 g/mol. The summed E-state index contributed by atoms with van der Waals surface area (Å²) in [5.74, 6) is 2.06. The molecule has 4 aliphatic rings. The second-order valence-electron chi connectivity index (χ2n) is 15.0. The van der Waals surface area contributed by atoms with Crippen molar-refractivity contribution >= 4 is 15.6 Å². The highest BCUT2D eigenvalue weighted by Gasteiger charge is 2.66. The smallest absolute Gasteiger partial charge is 0.394 e. The first-order valence-electron chi connectivity index (χ1n) is 18.0. The molecular formula is C33H62O12P2. The van der Waals surface area contributed by atoms with Gasteiger partial charge in [0, 0.05) is 5.41 Å². The molecule has 4 N–H and O–H groups in total. The first-order chi connectivity index (χ1) is 22.2. The van der Waals surface area contributed by atoms with E-state index in [4.69, 9.17) is 32.7 Å². The van der Waals surface area contributed by atoms with Gasteiger partial charge in [-0.05, 0) is 92.3 Å². The third kappa shape index (κ3) is 9.30. The first-order valence-corrected chi connectivity index (χ1v) is 21.0. The maximum absolute atomic E-state index is 12.3. The van der Waals surface area contributed by atoms with E-state index < -0.39 is 15.6 Å². The quantitative estimate of drug-likeness (QED) is 0.0898. The molecule has 0 aromatic rings. The number of ether oxygens (including phenoxy) is 2. The molecule has 2 unspecified atom stereocenters. The van der Waals surface area contributed by atoms with Crippen molar-refractivity contribution < 1.29 is 56.7 Å². The molecule has 4 aliphatic carbocycles. The fourth-order valence-electron chi connectivity index (χ4n) is 10.3. The molecule has 14 heteroatoms. The molecule has 0 aliphatic heterocycles. The molecule has 0 spiro atoms. The molecule has 47 heavy (non-hydrogen) atoms. The molecule has 0 aromatic heterocycles. The van der Waals surface area contributed by atoms with Gasteiger partial charge in [-0.25, -0.2) is 9.13 Å². The van der Waals surface area contributed by atoms with Gasteiger partial charge in [0.15, 0.2) is 0 Å². The molecule has 12 nitrogen and oxygen atoms in total. The fourth-order valence-corrected chi connectivity index (χ4v) is 11.8. The van der Waals surface area contributed by atoms with Crippen LogP contribution in [0.3, 0.4) is 0 Å². The third-order valence-corrected chi connectivity index (χ3v) is 14.4. The zero-order valence-corrected chi connectivity index (χ0v) is 31.0. The molecule has 0 heterocycles. The molecule has 0 radical (unpaired) electrons. The Hall–Kier alpha value is 0.0600. The molecule has 0 saturated heterocycles. The van der Waals surface area contributed by atoms with Crippen molar-refractivity contribution in [2.45, 2.75) is 117 Å². The largest absolute Gasteiger partial charge is 0.472 e. The molecule has 0 amide bonds. The van der Waals surface area contributed by atoms with E-state index in [1.54, 1.807) is 0 Å². The Morgan fingerprint density at radius 1 is 0.787 bits per heavy atom. The SMILES string of the molecule is CCCOP(=O)(O)OCCO[C@@H]1C[C@@H]2C[C@H](O)CC[C@]2(C)[C@H]2C[C@H](OCCOP(=O)(O)OCCO)[C@]3(C)[C@@H]([C@H](C)CCC)CC[C@H]3[C@H]12. The molecular weight excluding hydrogens is 650 g/mol. The average molecular weight is 713 g/mol. The number of phosphoric ester groups is 2. The highest BCUT2D eigenvalue weighted by atomic mass is 31.2. The molecule has 13 atom stereocenters. The van der Waals surface area contributed by atoms with Crippen LogP contribution in [0.4, 0.5) is 0 Å². The Kier molecular flexibility index (Phi) is 14.5. The van der Waals surface area contributed by atoms with Crippen molar-refractivity contribution in [1.29, 1.82) is 0 Å². The molecule has 4 saturated carbocycles. The van der Waals surface area contributed by atoms with Crippen LogP contribution in [0, 0.1) is 46.3 Å². The normalized spacial score (nSPS) is 40.1. The van der Waals surface area contributed by atoms with Gasteiger partial charge in [-0.2, -0.15) is 0 Å². The van der Waals surface area contributed by atoms with Gasteiger partial charge < -0.3 is 29.5 Å². The van der Waals surface area contributed by atoms with Gasteiger partial charge in [0.05, 0.1) is 64.6 Å². The van der Waals surface area contributed by atoms with E-state index in [0.717, 1.165) is 57.8 Å². The summed E-state index contributed by atoms with van der Waals surface area (Å²) < 4.78 is 58.0. The molecule has 276 valence electrons. The van der Waals surface area contributed by atoms with Crippen molar-refractivity contribution in [2.24, 2.45) is 46.3 Å². The fraction of sp³-hybridized carbons (Fsp3) is 1.00. The van der Waals surface area contributed by atoms with E-state index in [-0.39, 0.29) is 93.1 Å². The Balaban J connectivity index is 1.58. The van der Waals surface area contributed by atoms with E-state index in [1.807, 2.05) is 6.92 Å². The van der Waals surface area contributed by atoms with Crippen molar-refractivity contribution in [3.63, 3.8) is 0 Å². The predicted octanol–water partition coefficient (Wildman–Crippen LogP) is 6.10. The van der Waals surface area contributed by atoms with Crippen LogP contribution in [0.1, 0.15) is 98.8 Å².